The average Bonchev–Trinajstić information content (AvgIpc) is 3.12. The minimum atomic E-state index is -4.41. The minimum absolute atomic E-state index is 0.253. The Bertz CT molecular complexity index is 1020. The van der Waals surface area contributed by atoms with Gasteiger partial charge in [0.05, 0.1) is 23.8 Å². The van der Waals surface area contributed by atoms with E-state index >= 15 is 0 Å². The molecule has 144 valence electrons. The highest BCUT2D eigenvalue weighted by Crippen LogP contribution is 2.29. The van der Waals surface area contributed by atoms with Gasteiger partial charge >= 0.3 is 6.18 Å². The summed E-state index contributed by atoms with van der Waals surface area (Å²) in [5, 5.41) is 12.6. The molecule has 0 bridgehead atoms. The monoisotopic (exact) mass is 388 g/mol. The largest absolute Gasteiger partial charge is 0.416 e. The molecule has 0 radical (unpaired) electrons. The highest BCUT2D eigenvalue weighted by molar-refractivity contribution is 5.98. The molecule has 2 amide bonds. The number of halogens is 3. The molecule has 0 aliphatic rings. The molecule has 1 aromatic heterocycles. The number of carbonyl (C=O) groups excluding carboxylic acids is 2. The van der Waals surface area contributed by atoms with Crippen LogP contribution in [-0.4, -0.2) is 28.6 Å². The maximum absolute atomic E-state index is 12.5. The van der Waals surface area contributed by atoms with Crippen molar-refractivity contribution in [2.45, 2.75) is 6.18 Å². The number of rotatable bonds is 5. The van der Waals surface area contributed by atoms with Gasteiger partial charge in [-0.2, -0.15) is 18.3 Å². The first-order valence-corrected chi connectivity index (χ1v) is 8.17. The molecule has 0 saturated heterocycles. The molecule has 3 aromatic rings. The number of nitrogens with zero attached hydrogens (tertiary/aromatic N) is 1. The maximum atomic E-state index is 12.5. The lowest BCUT2D eigenvalue weighted by Gasteiger charge is -2.06. The van der Waals surface area contributed by atoms with Crippen LogP contribution in [0.25, 0.3) is 17.0 Å². The van der Waals surface area contributed by atoms with Crippen molar-refractivity contribution < 1.29 is 22.8 Å². The molecule has 6 nitrogen and oxygen atoms in total. The number of nitrogens with one attached hydrogen (secondary N) is 3. The van der Waals surface area contributed by atoms with Gasteiger partial charge in [0.2, 0.25) is 11.8 Å². The third kappa shape index (κ3) is 4.97. The Morgan fingerprint density at radius 1 is 1.11 bits per heavy atom. The van der Waals surface area contributed by atoms with Crippen LogP contribution in [-0.2, 0) is 15.8 Å². The molecule has 0 aliphatic carbocycles. The Morgan fingerprint density at radius 2 is 1.86 bits per heavy atom. The van der Waals surface area contributed by atoms with E-state index in [4.69, 9.17) is 0 Å². The van der Waals surface area contributed by atoms with Crippen LogP contribution in [0, 0.1) is 0 Å². The van der Waals surface area contributed by atoms with Crippen molar-refractivity contribution in [3.05, 3.63) is 65.9 Å². The number of fused-ring (bicyclic) bond motifs is 1. The van der Waals surface area contributed by atoms with Gasteiger partial charge in [-0.3, -0.25) is 14.7 Å². The number of amides is 2. The molecule has 9 heteroatoms. The van der Waals surface area contributed by atoms with Crippen molar-refractivity contribution in [3.63, 3.8) is 0 Å². The van der Waals surface area contributed by atoms with Crippen LogP contribution in [0.3, 0.4) is 0 Å². The molecule has 0 spiro atoms. The Labute approximate surface area is 157 Å². The fourth-order valence-electron chi connectivity index (χ4n) is 2.40. The number of H-pyrrole nitrogens is 1. The third-order valence-corrected chi connectivity index (χ3v) is 3.81. The molecule has 0 unspecified atom stereocenters. The van der Waals surface area contributed by atoms with Crippen LogP contribution in [0.5, 0.6) is 0 Å². The summed E-state index contributed by atoms with van der Waals surface area (Å²) in [6.07, 6.45) is -0.245. The summed E-state index contributed by atoms with van der Waals surface area (Å²) < 4.78 is 37.5. The van der Waals surface area contributed by atoms with Crippen LogP contribution in [0.15, 0.2) is 54.7 Å². The number of alkyl halides is 3. The second-order valence-electron chi connectivity index (χ2n) is 5.89. The fourth-order valence-corrected chi connectivity index (χ4v) is 2.40. The third-order valence-electron chi connectivity index (χ3n) is 3.81. The van der Waals surface area contributed by atoms with Crippen LogP contribution in [0.4, 0.5) is 18.9 Å². The van der Waals surface area contributed by atoms with Crippen molar-refractivity contribution >= 4 is 34.5 Å². The van der Waals surface area contributed by atoms with Crippen molar-refractivity contribution in [2.75, 3.05) is 11.9 Å². The number of aromatic nitrogens is 2. The lowest BCUT2D eigenvalue weighted by Crippen LogP contribution is -2.31. The number of benzene rings is 2. The molecular weight excluding hydrogens is 373 g/mol. The van der Waals surface area contributed by atoms with Crippen molar-refractivity contribution in [3.8, 4) is 0 Å². The predicted octanol–water partition coefficient (Wildman–Crippen LogP) is 3.35. The zero-order chi connectivity index (χ0) is 20.1. The minimum Gasteiger partial charge on any atom is -0.343 e. The lowest BCUT2D eigenvalue weighted by atomic mass is 10.1. The SMILES string of the molecule is O=C(/C=C/c1ccc(C(F)(F)F)cc1)NCC(=O)Nc1ccc2cn[nH]c2c1. The van der Waals surface area contributed by atoms with Crippen LogP contribution < -0.4 is 10.6 Å². The van der Waals surface area contributed by atoms with Gasteiger partial charge in [0.25, 0.3) is 0 Å². The van der Waals surface area contributed by atoms with E-state index in [1.807, 2.05) is 0 Å². The van der Waals surface area contributed by atoms with Crippen LogP contribution in [0.2, 0.25) is 0 Å². The summed E-state index contributed by atoms with van der Waals surface area (Å²) in [6.45, 7) is -0.253. The standard InChI is InChI=1S/C19H15F3N4O2/c20-19(21,22)14-5-1-12(2-6-14)3-8-17(27)23-11-18(28)25-15-7-4-13-10-24-26-16(13)9-15/h1-10H,11H2,(H,23,27)(H,24,26)(H,25,28)/b8-3+. The Morgan fingerprint density at radius 3 is 2.57 bits per heavy atom. The fraction of sp³-hybridized carbons (Fsp3) is 0.105. The van der Waals surface area contributed by atoms with Gasteiger partial charge in [-0.05, 0) is 42.0 Å². The van der Waals surface area contributed by atoms with E-state index < -0.39 is 23.6 Å². The molecule has 0 aliphatic heterocycles. The Kier molecular flexibility index (Phi) is 5.44. The number of aromatic amines is 1. The second kappa shape index (κ2) is 7.95. The molecule has 28 heavy (non-hydrogen) atoms. The zero-order valence-electron chi connectivity index (χ0n) is 14.4. The topological polar surface area (TPSA) is 86.9 Å². The van der Waals surface area contributed by atoms with Gasteiger partial charge in [-0.25, -0.2) is 0 Å². The van der Waals surface area contributed by atoms with E-state index in [9.17, 15) is 22.8 Å². The van der Waals surface area contributed by atoms with Gasteiger partial charge in [0, 0.05) is 17.1 Å². The molecule has 0 saturated carbocycles. The van der Waals surface area contributed by atoms with Crippen molar-refractivity contribution in [1.29, 1.82) is 0 Å². The zero-order valence-corrected chi connectivity index (χ0v) is 14.4. The Hall–Kier alpha value is -3.62. The molecule has 2 aromatic carbocycles. The first kappa shape index (κ1) is 19.2. The smallest absolute Gasteiger partial charge is 0.343 e. The number of hydrogen-bond donors (Lipinski definition) is 3. The normalized spacial score (nSPS) is 11.7. The van der Waals surface area contributed by atoms with Gasteiger partial charge in [-0.15, -0.1) is 0 Å². The molecule has 3 N–H and O–H groups in total. The average molecular weight is 388 g/mol. The molecule has 0 atom stereocenters. The van der Waals surface area contributed by atoms with Gasteiger partial charge in [0.1, 0.15) is 0 Å². The molecule has 1 heterocycles. The number of anilines is 1. The summed E-state index contributed by atoms with van der Waals surface area (Å²) in [7, 11) is 0. The highest BCUT2D eigenvalue weighted by atomic mass is 19.4. The number of hydrogen-bond acceptors (Lipinski definition) is 3. The molecule has 0 fully saturated rings. The summed E-state index contributed by atoms with van der Waals surface area (Å²) in [4.78, 5) is 23.7. The second-order valence-corrected chi connectivity index (χ2v) is 5.89. The van der Waals surface area contributed by atoms with Crippen molar-refractivity contribution in [1.82, 2.24) is 15.5 Å². The Balaban J connectivity index is 1.49. The summed E-state index contributed by atoms with van der Waals surface area (Å²) >= 11 is 0. The van der Waals surface area contributed by atoms with Gasteiger partial charge in [-0.1, -0.05) is 12.1 Å². The van der Waals surface area contributed by atoms with Gasteiger partial charge < -0.3 is 10.6 Å². The van der Waals surface area contributed by atoms with Crippen LogP contribution >= 0.6 is 0 Å². The van der Waals surface area contributed by atoms with E-state index in [0.29, 0.717) is 11.3 Å². The molecule has 3 rings (SSSR count). The van der Waals surface area contributed by atoms with E-state index in [0.717, 1.165) is 29.1 Å². The van der Waals surface area contributed by atoms with E-state index in [1.165, 1.54) is 18.2 Å². The lowest BCUT2D eigenvalue weighted by molar-refractivity contribution is -0.137. The van der Waals surface area contributed by atoms with Gasteiger partial charge in [0.15, 0.2) is 0 Å². The summed E-state index contributed by atoms with van der Waals surface area (Å²) in [6, 6.07) is 9.59. The van der Waals surface area contributed by atoms with E-state index in [2.05, 4.69) is 20.8 Å². The first-order chi connectivity index (χ1) is 13.3. The summed E-state index contributed by atoms with van der Waals surface area (Å²) in [5.74, 6) is -0.964. The maximum Gasteiger partial charge on any atom is 0.416 e. The quantitative estimate of drug-likeness (QED) is 0.586. The molecular formula is C19H15F3N4O2. The number of carbonyl (C=O) groups is 2. The predicted molar refractivity (Wildman–Crippen MR) is 98.2 cm³/mol. The van der Waals surface area contributed by atoms with E-state index in [1.54, 1.807) is 24.4 Å². The highest BCUT2D eigenvalue weighted by Gasteiger charge is 2.29. The van der Waals surface area contributed by atoms with E-state index in [-0.39, 0.29) is 6.54 Å². The first-order valence-electron chi connectivity index (χ1n) is 8.17. The van der Waals surface area contributed by atoms with Crippen LogP contribution in [0.1, 0.15) is 11.1 Å². The summed E-state index contributed by atoms with van der Waals surface area (Å²) in [5.41, 5.74) is 0.983. The van der Waals surface area contributed by atoms with Crippen molar-refractivity contribution in [2.24, 2.45) is 0 Å².